The molecule has 0 aliphatic rings. The molecule has 2 rings (SSSR count). The Bertz CT molecular complexity index is 801. The molecule has 0 unspecified atom stereocenters. The molecule has 2 aromatic carbocycles. The highest BCUT2D eigenvalue weighted by molar-refractivity contribution is 6.22. The molecule has 132 valence electrons. The summed E-state index contributed by atoms with van der Waals surface area (Å²) in [5, 5.41) is 28.0. The van der Waals surface area contributed by atoms with Crippen LogP contribution in [0.25, 0.3) is 0 Å². The molecule has 0 aliphatic heterocycles. The molecule has 7 nitrogen and oxygen atoms in total. The second-order valence-electron chi connectivity index (χ2n) is 5.80. The van der Waals surface area contributed by atoms with Crippen molar-refractivity contribution in [1.82, 2.24) is 0 Å². The van der Waals surface area contributed by atoms with Gasteiger partial charge >= 0.3 is 6.03 Å². The van der Waals surface area contributed by atoms with Gasteiger partial charge in [-0.2, -0.15) is 0 Å². The summed E-state index contributed by atoms with van der Waals surface area (Å²) in [6.45, 7) is 3.91. The lowest BCUT2D eigenvalue weighted by Crippen LogP contribution is -2.41. The van der Waals surface area contributed by atoms with Crippen LogP contribution in [0.5, 0.6) is 17.2 Å². The van der Waals surface area contributed by atoms with Crippen LogP contribution in [0.4, 0.5) is 10.5 Å². The Hall–Kier alpha value is -3.22. The minimum Gasteiger partial charge on any atom is -0.508 e. The topological polar surface area (TPSA) is 120 Å². The van der Waals surface area contributed by atoms with E-state index in [2.05, 4.69) is 0 Å². The van der Waals surface area contributed by atoms with E-state index >= 15 is 0 Å². The van der Waals surface area contributed by atoms with Gasteiger partial charge in [-0.05, 0) is 41.8 Å². The highest BCUT2D eigenvalue weighted by atomic mass is 16.5. The van der Waals surface area contributed by atoms with Gasteiger partial charge < -0.3 is 20.7 Å². The highest BCUT2D eigenvalue weighted by Crippen LogP contribution is 2.34. The summed E-state index contributed by atoms with van der Waals surface area (Å²) in [7, 11) is 1.50. The van der Waals surface area contributed by atoms with E-state index in [9.17, 15) is 15.0 Å². The van der Waals surface area contributed by atoms with Gasteiger partial charge in [0, 0.05) is 6.07 Å². The SMILES string of the molecule is COc1cc(O)c(C(=N)N(C(N)=O)c2ccc(O)cc2)cc1C(C)C. The number of nitrogens with one attached hydrogen (secondary N) is 1. The van der Waals surface area contributed by atoms with Gasteiger partial charge in [-0.25, -0.2) is 9.69 Å². The van der Waals surface area contributed by atoms with Gasteiger partial charge in [-0.1, -0.05) is 13.8 Å². The molecule has 0 bridgehead atoms. The number of phenolic OH excluding ortho intramolecular Hbond substituents is 2. The molecule has 2 aromatic rings. The van der Waals surface area contributed by atoms with Crippen molar-refractivity contribution < 1.29 is 19.7 Å². The highest BCUT2D eigenvalue weighted by Gasteiger charge is 2.24. The quantitative estimate of drug-likeness (QED) is 0.503. The standard InChI is InChI=1S/C18H21N3O4/c1-10(2)13-8-14(15(23)9-16(13)25-3)17(19)21(18(20)24)11-4-6-12(22)7-5-11/h4-10,19,22-23H,1-3H3,(H2,20,24). The molecule has 5 N–H and O–H groups in total. The number of rotatable bonds is 4. The normalized spacial score (nSPS) is 10.6. The summed E-state index contributed by atoms with van der Waals surface area (Å²) in [5.41, 5.74) is 6.67. The number of amides is 2. The zero-order valence-corrected chi connectivity index (χ0v) is 14.3. The number of phenols is 2. The lowest BCUT2D eigenvalue weighted by Gasteiger charge is -2.23. The van der Waals surface area contributed by atoms with Crippen molar-refractivity contribution in [2.24, 2.45) is 5.73 Å². The molecule has 0 saturated carbocycles. The van der Waals surface area contributed by atoms with Crippen LogP contribution in [0, 0.1) is 5.41 Å². The molecule has 0 aliphatic carbocycles. The maximum absolute atomic E-state index is 11.9. The first-order chi connectivity index (χ1) is 11.8. The molecule has 0 fully saturated rings. The van der Waals surface area contributed by atoms with Crippen molar-refractivity contribution >= 4 is 17.6 Å². The third-order valence-corrected chi connectivity index (χ3v) is 3.78. The first-order valence-electron chi connectivity index (χ1n) is 7.64. The molecule has 7 heteroatoms. The van der Waals surface area contributed by atoms with E-state index in [0.717, 1.165) is 10.5 Å². The number of carbonyl (C=O) groups is 1. The fourth-order valence-electron chi connectivity index (χ4n) is 2.49. The van der Waals surface area contributed by atoms with Gasteiger partial charge in [0.15, 0.2) is 0 Å². The van der Waals surface area contributed by atoms with E-state index < -0.39 is 6.03 Å². The van der Waals surface area contributed by atoms with E-state index in [0.29, 0.717) is 11.4 Å². The van der Waals surface area contributed by atoms with Crippen molar-refractivity contribution in [2.45, 2.75) is 19.8 Å². The summed E-state index contributed by atoms with van der Waals surface area (Å²) in [6, 6.07) is 7.82. The molecule has 0 atom stereocenters. The molecule has 0 spiro atoms. The molecular weight excluding hydrogens is 322 g/mol. The molecule has 0 heterocycles. The number of ether oxygens (including phenoxy) is 1. The van der Waals surface area contributed by atoms with Crippen LogP contribution in [-0.4, -0.2) is 29.2 Å². The van der Waals surface area contributed by atoms with E-state index in [1.165, 1.54) is 37.4 Å². The monoisotopic (exact) mass is 343 g/mol. The number of benzene rings is 2. The number of hydrogen-bond acceptors (Lipinski definition) is 5. The van der Waals surface area contributed by atoms with E-state index in [1.54, 1.807) is 6.07 Å². The van der Waals surface area contributed by atoms with Crippen LogP contribution in [-0.2, 0) is 0 Å². The number of hydrogen-bond donors (Lipinski definition) is 4. The predicted octanol–water partition coefficient (Wildman–Crippen LogP) is 3.14. The Morgan fingerprint density at radius 3 is 2.28 bits per heavy atom. The first kappa shape index (κ1) is 18.1. The maximum atomic E-state index is 11.9. The Balaban J connectivity index is 2.54. The average molecular weight is 343 g/mol. The average Bonchev–Trinajstić information content (AvgIpc) is 2.55. The zero-order chi connectivity index (χ0) is 18.7. The Kier molecular flexibility index (Phi) is 5.17. The molecule has 25 heavy (non-hydrogen) atoms. The van der Waals surface area contributed by atoms with Crippen molar-refractivity contribution in [3.8, 4) is 17.2 Å². The van der Waals surface area contributed by atoms with Crippen LogP contribution in [0.1, 0.15) is 30.9 Å². The third kappa shape index (κ3) is 3.65. The van der Waals surface area contributed by atoms with Crippen molar-refractivity contribution in [3.05, 3.63) is 47.5 Å². The Morgan fingerprint density at radius 1 is 1.20 bits per heavy atom. The Morgan fingerprint density at radius 2 is 1.80 bits per heavy atom. The van der Waals surface area contributed by atoms with Gasteiger partial charge in [0.05, 0.1) is 18.4 Å². The molecule has 0 radical (unpaired) electrons. The van der Waals surface area contributed by atoms with E-state index in [-0.39, 0.29) is 28.8 Å². The van der Waals surface area contributed by atoms with Crippen LogP contribution < -0.4 is 15.4 Å². The van der Waals surface area contributed by atoms with Crippen molar-refractivity contribution in [3.63, 3.8) is 0 Å². The number of anilines is 1. The molecular formula is C18H21N3O4. The summed E-state index contributed by atoms with van der Waals surface area (Å²) in [4.78, 5) is 12.8. The number of carbonyl (C=O) groups excluding carboxylic acids is 1. The minimum absolute atomic E-state index is 0.0223. The predicted molar refractivity (Wildman–Crippen MR) is 95.7 cm³/mol. The van der Waals surface area contributed by atoms with Crippen LogP contribution in [0.3, 0.4) is 0 Å². The van der Waals surface area contributed by atoms with E-state index in [1.807, 2.05) is 13.8 Å². The fourth-order valence-corrected chi connectivity index (χ4v) is 2.49. The maximum Gasteiger partial charge on any atom is 0.325 e. The number of aromatic hydroxyl groups is 2. The van der Waals surface area contributed by atoms with Gasteiger partial charge in [0.25, 0.3) is 0 Å². The van der Waals surface area contributed by atoms with Gasteiger partial charge in [-0.15, -0.1) is 0 Å². The summed E-state index contributed by atoms with van der Waals surface area (Å²) >= 11 is 0. The van der Waals surface area contributed by atoms with Gasteiger partial charge in [-0.3, -0.25) is 5.41 Å². The lowest BCUT2D eigenvalue weighted by atomic mass is 9.98. The second-order valence-corrected chi connectivity index (χ2v) is 5.80. The number of urea groups is 1. The largest absolute Gasteiger partial charge is 0.508 e. The Labute approximate surface area is 145 Å². The van der Waals surface area contributed by atoms with Gasteiger partial charge in [0.1, 0.15) is 23.1 Å². The van der Waals surface area contributed by atoms with Gasteiger partial charge in [0.2, 0.25) is 0 Å². The lowest BCUT2D eigenvalue weighted by molar-refractivity contribution is 0.256. The summed E-state index contributed by atoms with van der Waals surface area (Å²) in [6.07, 6.45) is 0. The van der Waals surface area contributed by atoms with Crippen molar-refractivity contribution in [2.75, 3.05) is 12.0 Å². The van der Waals surface area contributed by atoms with Crippen molar-refractivity contribution in [1.29, 1.82) is 5.41 Å². The smallest absolute Gasteiger partial charge is 0.325 e. The molecule has 0 aromatic heterocycles. The van der Waals surface area contributed by atoms with E-state index in [4.69, 9.17) is 15.9 Å². The summed E-state index contributed by atoms with van der Waals surface area (Å²) in [5.74, 6) is 0.128. The van der Waals surface area contributed by atoms with Crippen LogP contribution in [0.15, 0.2) is 36.4 Å². The number of amidine groups is 1. The number of methoxy groups -OCH3 is 1. The second kappa shape index (κ2) is 7.12. The third-order valence-electron chi connectivity index (χ3n) is 3.78. The molecule has 2 amide bonds. The zero-order valence-electron chi connectivity index (χ0n) is 14.3. The fraction of sp³-hybridized carbons (Fsp3) is 0.222. The van der Waals surface area contributed by atoms with Crippen LogP contribution in [0.2, 0.25) is 0 Å². The number of nitrogens with two attached hydrogens (primary N) is 1. The number of primary amides is 1. The number of nitrogens with zero attached hydrogens (tertiary/aromatic N) is 1. The van der Waals surface area contributed by atoms with Crippen LogP contribution >= 0.6 is 0 Å². The first-order valence-corrected chi connectivity index (χ1v) is 7.64. The summed E-state index contributed by atoms with van der Waals surface area (Å²) < 4.78 is 5.26. The minimum atomic E-state index is -0.878. The molecule has 0 saturated heterocycles.